The van der Waals surface area contributed by atoms with Gasteiger partial charge in [0.15, 0.2) is 11.5 Å². The number of methoxy groups -OCH3 is 1. The average molecular weight is 350 g/mol. The van der Waals surface area contributed by atoms with Gasteiger partial charge in [-0.05, 0) is 29.3 Å². The number of benzene rings is 2. The number of fused-ring (bicyclic) bond motifs is 4. The Bertz CT molecular complexity index is 1010. The van der Waals surface area contributed by atoms with Crippen molar-refractivity contribution in [3.05, 3.63) is 59.3 Å². The lowest BCUT2D eigenvalue weighted by Crippen LogP contribution is -2.45. The summed E-state index contributed by atoms with van der Waals surface area (Å²) in [6.45, 7) is 0.235. The predicted molar refractivity (Wildman–Crippen MR) is 95.4 cm³/mol. The van der Waals surface area contributed by atoms with E-state index in [-0.39, 0.29) is 18.8 Å². The van der Waals surface area contributed by atoms with Crippen LogP contribution in [0.3, 0.4) is 0 Å². The molecule has 0 spiro atoms. The van der Waals surface area contributed by atoms with Crippen molar-refractivity contribution in [1.29, 1.82) is 0 Å². The van der Waals surface area contributed by atoms with Crippen LogP contribution in [0.25, 0.3) is 10.9 Å². The summed E-state index contributed by atoms with van der Waals surface area (Å²) in [6.07, 6.45) is 0.590. The third-order valence-corrected chi connectivity index (χ3v) is 5.13. The highest BCUT2D eigenvalue weighted by Crippen LogP contribution is 2.39. The molecule has 0 fully saturated rings. The SMILES string of the molecule is COC(=O)C1Cc2c([nH]c3ccccc23)[C@H](c2ccc3c(c2)OCO3)N1. The van der Waals surface area contributed by atoms with E-state index in [1.165, 1.54) is 7.11 Å². The highest BCUT2D eigenvalue weighted by atomic mass is 16.7. The van der Waals surface area contributed by atoms with Crippen LogP contribution in [0, 0.1) is 0 Å². The zero-order valence-corrected chi connectivity index (χ0v) is 14.2. The molecule has 2 atom stereocenters. The Morgan fingerprint density at radius 3 is 2.88 bits per heavy atom. The van der Waals surface area contributed by atoms with Crippen molar-refractivity contribution >= 4 is 16.9 Å². The van der Waals surface area contributed by atoms with Crippen LogP contribution in [0.15, 0.2) is 42.5 Å². The Morgan fingerprint density at radius 1 is 1.15 bits per heavy atom. The topological polar surface area (TPSA) is 72.6 Å². The summed E-state index contributed by atoms with van der Waals surface area (Å²) in [5, 5.41) is 4.57. The number of carbonyl (C=O) groups excluding carboxylic acids is 1. The van der Waals surface area contributed by atoms with E-state index in [9.17, 15) is 4.79 Å². The third-order valence-electron chi connectivity index (χ3n) is 5.13. The summed E-state index contributed by atoms with van der Waals surface area (Å²) in [5.74, 6) is 1.21. The summed E-state index contributed by atoms with van der Waals surface area (Å²) < 4.78 is 15.9. The van der Waals surface area contributed by atoms with Gasteiger partial charge in [-0.15, -0.1) is 0 Å². The van der Waals surface area contributed by atoms with Gasteiger partial charge in [0, 0.05) is 23.0 Å². The second-order valence-electron chi connectivity index (χ2n) is 6.56. The van der Waals surface area contributed by atoms with Gasteiger partial charge in [0.25, 0.3) is 0 Å². The number of carbonyl (C=O) groups is 1. The molecule has 26 heavy (non-hydrogen) atoms. The molecule has 0 bridgehead atoms. The van der Waals surface area contributed by atoms with Gasteiger partial charge in [-0.25, -0.2) is 0 Å². The highest BCUT2D eigenvalue weighted by Gasteiger charge is 2.35. The summed E-state index contributed by atoms with van der Waals surface area (Å²) >= 11 is 0. The Kier molecular flexibility index (Phi) is 3.39. The van der Waals surface area contributed by atoms with Gasteiger partial charge >= 0.3 is 5.97 Å². The molecular weight excluding hydrogens is 332 g/mol. The van der Waals surface area contributed by atoms with Gasteiger partial charge < -0.3 is 19.2 Å². The van der Waals surface area contributed by atoms with Crippen LogP contribution in [0.1, 0.15) is 22.9 Å². The number of rotatable bonds is 2. The maximum Gasteiger partial charge on any atom is 0.323 e. The summed E-state index contributed by atoms with van der Waals surface area (Å²) in [5.41, 5.74) is 4.30. The van der Waals surface area contributed by atoms with Gasteiger partial charge in [-0.2, -0.15) is 0 Å². The van der Waals surface area contributed by atoms with Gasteiger partial charge in [-0.3, -0.25) is 10.1 Å². The molecular formula is C20H18N2O4. The zero-order chi connectivity index (χ0) is 17.7. The number of ether oxygens (including phenoxy) is 3. The molecule has 1 unspecified atom stereocenters. The Morgan fingerprint density at radius 2 is 2.00 bits per heavy atom. The molecule has 2 N–H and O–H groups in total. The Hall–Kier alpha value is -2.99. The quantitative estimate of drug-likeness (QED) is 0.695. The van der Waals surface area contributed by atoms with Gasteiger partial charge in [0.1, 0.15) is 6.04 Å². The average Bonchev–Trinajstić information content (AvgIpc) is 3.30. The molecule has 0 amide bonds. The van der Waals surface area contributed by atoms with Crippen molar-refractivity contribution in [2.45, 2.75) is 18.5 Å². The van der Waals surface area contributed by atoms with Crippen molar-refractivity contribution in [2.24, 2.45) is 0 Å². The smallest absolute Gasteiger partial charge is 0.323 e. The second kappa shape index (κ2) is 5.78. The monoisotopic (exact) mass is 350 g/mol. The number of H-pyrrole nitrogens is 1. The minimum Gasteiger partial charge on any atom is -0.468 e. The molecule has 2 aliphatic heterocycles. The minimum absolute atomic E-state index is 0.162. The Balaban J connectivity index is 1.65. The number of aromatic nitrogens is 1. The first-order valence-corrected chi connectivity index (χ1v) is 8.57. The van der Waals surface area contributed by atoms with Crippen LogP contribution in [-0.2, 0) is 16.0 Å². The lowest BCUT2D eigenvalue weighted by Gasteiger charge is -2.30. The molecule has 2 aliphatic rings. The molecule has 3 heterocycles. The Labute approximate surface area is 150 Å². The number of nitrogens with one attached hydrogen (secondary N) is 2. The number of hydrogen-bond donors (Lipinski definition) is 2. The number of hydrogen-bond acceptors (Lipinski definition) is 5. The van der Waals surface area contributed by atoms with Crippen LogP contribution < -0.4 is 14.8 Å². The molecule has 5 rings (SSSR count). The third kappa shape index (κ3) is 2.26. The standard InChI is InChI=1S/C20H18N2O4/c1-24-20(23)15-9-13-12-4-2-3-5-14(12)21-19(13)18(22-15)11-6-7-16-17(8-11)26-10-25-16/h2-8,15,18,21-22H,9-10H2,1H3/t15?,18-/m0/s1. The molecule has 0 saturated heterocycles. The van der Waals surface area contributed by atoms with E-state index in [4.69, 9.17) is 14.2 Å². The van der Waals surface area contributed by atoms with Gasteiger partial charge in [0.2, 0.25) is 6.79 Å². The van der Waals surface area contributed by atoms with Gasteiger partial charge in [0.05, 0.1) is 13.2 Å². The molecule has 0 saturated carbocycles. The lowest BCUT2D eigenvalue weighted by molar-refractivity contribution is -0.143. The van der Waals surface area contributed by atoms with Crippen LogP contribution in [-0.4, -0.2) is 30.9 Å². The molecule has 3 aromatic rings. The van der Waals surface area contributed by atoms with Crippen molar-refractivity contribution in [1.82, 2.24) is 10.3 Å². The number of esters is 1. The molecule has 6 heteroatoms. The normalized spacial score (nSPS) is 20.8. The van der Waals surface area contributed by atoms with E-state index >= 15 is 0 Å². The lowest BCUT2D eigenvalue weighted by atomic mass is 9.90. The van der Waals surface area contributed by atoms with E-state index in [0.29, 0.717) is 6.42 Å². The largest absolute Gasteiger partial charge is 0.468 e. The zero-order valence-electron chi connectivity index (χ0n) is 14.2. The van der Waals surface area contributed by atoms with Crippen molar-refractivity contribution in [3.8, 4) is 11.5 Å². The first-order valence-electron chi connectivity index (χ1n) is 8.57. The van der Waals surface area contributed by atoms with E-state index in [1.807, 2.05) is 30.3 Å². The van der Waals surface area contributed by atoms with Crippen molar-refractivity contribution < 1.29 is 19.0 Å². The van der Waals surface area contributed by atoms with Crippen LogP contribution >= 0.6 is 0 Å². The second-order valence-corrected chi connectivity index (χ2v) is 6.56. The molecule has 1 aromatic heterocycles. The summed E-state index contributed by atoms with van der Waals surface area (Å²) in [7, 11) is 1.42. The molecule has 0 aliphatic carbocycles. The fourth-order valence-electron chi connectivity index (χ4n) is 3.88. The van der Waals surface area contributed by atoms with Gasteiger partial charge in [-0.1, -0.05) is 24.3 Å². The fourth-order valence-corrected chi connectivity index (χ4v) is 3.88. The van der Waals surface area contributed by atoms with Crippen molar-refractivity contribution in [2.75, 3.05) is 13.9 Å². The molecule has 0 radical (unpaired) electrons. The van der Waals surface area contributed by atoms with Crippen molar-refractivity contribution in [3.63, 3.8) is 0 Å². The number of para-hydroxylation sites is 1. The van der Waals surface area contributed by atoms with E-state index in [2.05, 4.69) is 22.4 Å². The van der Waals surface area contributed by atoms with E-state index < -0.39 is 6.04 Å². The van der Waals surface area contributed by atoms with Crippen LogP contribution in [0.5, 0.6) is 11.5 Å². The highest BCUT2D eigenvalue weighted by molar-refractivity contribution is 5.87. The predicted octanol–water partition coefficient (Wildman–Crippen LogP) is 2.67. The van der Waals surface area contributed by atoms with E-state index in [0.717, 1.165) is 39.2 Å². The summed E-state index contributed by atoms with van der Waals surface area (Å²) in [4.78, 5) is 15.8. The minimum atomic E-state index is -0.401. The summed E-state index contributed by atoms with van der Waals surface area (Å²) in [6, 6.07) is 13.5. The fraction of sp³-hybridized carbons (Fsp3) is 0.250. The van der Waals surface area contributed by atoms with Crippen LogP contribution in [0.4, 0.5) is 0 Å². The first-order chi connectivity index (χ1) is 12.7. The molecule has 132 valence electrons. The van der Waals surface area contributed by atoms with E-state index in [1.54, 1.807) is 0 Å². The number of aromatic amines is 1. The van der Waals surface area contributed by atoms with Crippen LogP contribution in [0.2, 0.25) is 0 Å². The maximum absolute atomic E-state index is 12.3. The molecule has 2 aromatic carbocycles. The maximum atomic E-state index is 12.3. The first kappa shape index (κ1) is 15.3. The molecule has 6 nitrogen and oxygen atoms in total.